The smallest absolute Gasteiger partial charge is 0.164 e. The number of hydrogen-bond acceptors (Lipinski definition) is 3. The molecule has 0 radical (unpaired) electrons. The second-order valence-corrected chi connectivity index (χ2v) is 16.0. The van der Waals surface area contributed by atoms with E-state index in [-0.39, 0.29) is 0 Å². The van der Waals surface area contributed by atoms with Crippen molar-refractivity contribution in [1.82, 2.24) is 24.1 Å². The number of para-hydroxylation sites is 1. The molecule has 13 aromatic rings. The van der Waals surface area contributed by atoms with Gasteiger partial charge in [-0.3, -0.25) is 0 Å². The van der Waals surface area contributed by atoms with E-state index in [2.05, 4.69) is 185 Å². The van der Waals surface area contributed by atoms with Gasteiger partial charge >= 0.3 is 0 Å². The van der Waals surface area contributed by atoms with Crippen molar-refractivity contribution in [3.8, 4) is 45.5 Å². The zero-order valence-electron chi connectivity index (χ0n) is 33.4. The lowest BCUT2D eigenvalue weighted by Gasteiger charge is -2.15. The highest BCUT2D eigenvalue weighted by Gasteiger charge is 2.22. The molecule has 5 nitrogen and oxygen atoms in total. The Labute approximate surface area is 356 Å². The van der Waals surface area contributed by atoms with Crippen molar-refractivity contribution < 1.29 is 0 Å². The van der Waals surface area contributed by atoms with Gasteiger partial charge in [0, 0.05) is 54.4 Å². The highest BCUT2D eigenvalue weighted by atomic mass is 15.0. The molecule has 0 bridgehead atoms. The van der Waals surface area contributed by atoms with E-state index in [0.29, 0.717) is 17.5 Å². The third kappa shape index (κ3) is 5.25. The quantitative estimate of drug-likeness (QED) is 0.174. The van der Waals surface area contributed by atoms with Crippen LogP contribution in [0.15, 0.2) is 212 Å². The number of nitrogens with zero attached hydrogens (tertiary/aromatic N) is 5. The van der Waals surface area contributed by atoms with Crippen molar-refractivity contribution in [3.05, 3.63) is 212 Å². The summed E-state index contributed by atoms with van der Waals surface area (Å²) >= 11 is 0. The molecule has 3 heterocycles. The van der Waals surface area contributed by atoms with Gasteiger partial charge in [-0.05, 0) is 52.6 Å². The fraction of sp³-hybridized carbons (Fsp3) is 0. The lowest BCUT2D eigenvalue weighted by molar-refractivity contribution is 1.07. The van der Waals surface area contributed by atoms with Gasteiger partial charge in [0.05, 0.1) is 33.4 Å². The van der Waals surface area contributed by atoms with E-state index in [0.717, 1.165) is 55.4 Å². The third-order valence-corrected chi connectivity index (χ3v) is 12.5. The number of rotatable bonds is 5. The molecule has 0 aliphatic rings. The molecule has 0 fully saturated rings. The predicted molar refractivity (Wildman–Crippen MR) is 257 cm³/mol. The minimum absolute atomic E-state index is 0.621. The molecular formula is C57H35N5. The van der Waals surface area contributed by atoms with Crippen LogP contribution in [0.5, 0.6) is 0 Å². The summed E-state index contributed by atoms with van der Waals surface area (Å²) in [7, 11) is 0. The van der Waals surface area contributed by atoms with E-state index >= 15 is 0 Å². The van der Waals surface area contributed by atoms with E-state index in [1.165, 1.54) is 48.6 Å². The van der Waals surface area contributed by atoms with Crippen LogP contribution in [0.3, 0.4) is 0 Å². The van der Waals surface area contributed by atoms with Gasteiger partial charge in [-0.1, -0.05) is 176 Å². The standard InChI is InChI=1S/C57H35N5/c1-3-18-38(19-4-1)55-58-56(39-20-5-2-6-21-39)60-57(59-55)41-32-40-22-9-11-25-43(40)51(33-41)61-50-28-14-13-27-45(50)47-34-48-46-31-30-37-17-8-12-26-44(37)54(46)62(53(48)35-52(47)61)49-29-15-23-36-16-7-10-24-42(36)49/h1-35H. The maximum atomic E-state index is 5.18. The molecule has 0 unspecified atom stereocenters. The van der Waals surface area contributed by atoms with Crippen LogP contribution in [0, 0.1) is 0 Å². The van der Waals surface area contributed by atoms with Gasteiger partial charge in [0.2, 0.25) is 0 Å². The molecule has 0 atom stereocenters. The molecule has 0 saturated carbocycles. The summed E-state index contributed by atoms with van der Waals surface area (Å²) in [5.74, 6) is 1.89. The van der Waals surface area contributed by atoms with Gasteiger partial charge in [0.1, 0.15) is 0 Å². The van der Waals surface area contributed by atoms with Crippen LogP contribution >= 0.6 is 0 Å². The van der Waals surface area contributed by atoms with Crippen molar-refractivity contribution in [2.75, 3.05) is 0 Å². The van der Waals surface area contributed by atoms with Gasteiger partial charge in [0.15, 0.2) is 17.5 Å². The Kier molecular flexibility index (Phi) is 7.54. The largest absolute Gasteiger partial charge is 0.309 e. The van der Waals surface area contributed by atoms with Crippen LogP contribution in [0.2, 0.25) is 0 Å². The number of benzene rings is 10. The Hall–Kier alpha value is -8.41. The molecule has 0 N–H and O–H groups in total. The summed E-state index contributed by atoms with van der Waals surface area (Å²) in [5.41, 5.74) is 9.64. The molecular weight excluding hydrogens is 755 g/mol. The van der Waals surface area contributed by atoms with Crippen LogP contribution in [0.25, 0.3) is 121 Å². The second-order valence-electron chi connectivity index (χ2n) is 16.0. The number of aromatic nitrogens is 5. The molecule has 288 valence electrons. The first-order chi connectivity index (χ1) is 30.7. The molecule has 3 aromatic heterocycles. The molecule has 13 rings (SSSR count). The van der Waals surface area contributed by atoms with Crippen LogP contribution < -0.4 is 0 Å². The lowest BCUT2D eigenvalue weighted by atomic mass is 10.0. The third-order valence-electron chi connectivity index (χ3n) is 12.5. The van der Waals surface area contributed by atoms with E-state index in [4.69, 9.17) is 15.0 Å². The number of hydrogen-bond donors (Lipinski definition) is 0. The summed E-state index contributed by atoms with van der Waals surface area (Å²) in [6.07, 6.45) is 0. The molecule has 0 spiro atoms. The molecule has 5 heteroatoms. The van der Waals surface area contributed by atoms with Gasteiger partial charge in [-0.15, -0.1) is 0 Å². The van der Waals surface area contributed by atoms with Crippen LogP contribution in [0.1, 0.15) is 0 Å². The fourth-order valence-electron chi connectivity index (χ4n) is 9.69. The molecule has 0 amide bonds. The van der Waals surface area contributed by atoms with Gasteiger partial charge in [-0.25, -0.2) is 15.0 Å². The number of fused-ring (bicyclic) bond motifs is 10. The van der Waals surface area contributed by atoms with Crippen molar-refractivity contribution in [1.29, 1.82) is 0 Å². The minimum Gasteiger partial charge on any atom is -0.309 e. The minimum atomic E-state index is 0.621. The normalized spacial score (nSPS) is 11.9. The second kappa shape index (κ2) is 13.6. The maximum absolute atomic E-state index is 5.18. The average molecular weight is 790 g/mol. The highest BCUT2D eigenvalue weighted by molar-refractivity contribution is 6.24. The Balaban J connectivity index is 1.14. The van der Waals surface area contributed by atoms with Gasteiger partial charge in [-0.2, -0.15) is 0 Å². The van der Waals surface area contributed by atoms with Crippen molar-refractivity contribution in [2.24, 2.45) is 0 Å². The SMILES string of the molecule is c1ccc(-c2nc(-c3ccccc3)nc(-c3cc(-n4c5ccccc5c5cc6c7ccc8ccccc8c7n(-c7cccc8ccccc78)c6cc54)c4ccccc4c3)n2)cc1. The Morgan fingerprint density at radius 1 is 0.258 bits per heavy atom. The molecule has 0 saturated heterocycles. The van der Waals surface area contributed by atoms with Crippen molar-refractivity contribution in [3.63, 3.8) is 0 Å². The van der Waals surface area contributed by atoms with E-state index in [1.54, 1.807) is 0 Å². The van der Waals surface area contributed by atoms with Gasteiger partial charge in [0.25, 0.3) is 0 Å². The Morgan fingerprint density at radius 3 is 1.48 bits per heavy atom. The van der Waals surface area contributed by atoms with Gasteiger partial charge < -0.3 is 9.13 Å². The predicted octanol–water partition coefficient (Wildman–Crippen LogP) is 14.5. The highest BCUT2D eigenvalue weighted by Crippen LogP contribution is 2.44. The monoisotopic (exact) mass is 789 g/mol. The lowest BCUT2D eigenvalue weighted by Crippen LogP contribution is -2.02. The Bertz CT molecular complexity index is 3860. The Morgan fingerprint density at radius 2 is 0.774 bits per heavy atom. The first-order valence-corrected chi connectivity index (χ1v) is 21.0. The molecule has 0 aliphatic heterocycles. The average Bonchev–Trinajstić information content (AvgIpc) is 3.85. The summed E-state index contributed by atoms with van der Waals surface area (Å²) in [6, 6.07) is 75.8. The van der Waals surface area contributed by atoms with Crippen LogP contribution in [0.4, 0.5) is 0 Å². The van der Waals surface area contributed by atoms with Crippen molar-refractivity contribution in [2.45, 2.75) is 0 Å². The first kappa shape index (κ1) is 34.5. The zero-order chi connectivity index (χ0) is 40.7. The van der Waals surface area contributed by atoms with E-state index in [9.17, 15) is 0 Å². The van der Waals surface area contributed by atoms with Crippen LogP contribution in [-0.2, 0) is 0 Å². The molecule has 62 heavy (non-hydrogen) atoms. The van der Waals surface area contributed by atoms with Crippen molar-refractivity contribution >= 4 is 75.9 Å². The molecule has 10 aromatic carbocycles. The summed E-state index contributed by atoms with van der Waals surface area (Å²) in [6.45, 7) is 0. The summed E-state index contributed by atoms with van der Waals surface area (Å²) in [4.78, 5) is 15.4. The first-order valence-electron chi connectivity index (χ1n) is 21.0. The summed E-state index contributed by atoms with van der Waals surface area (Å²) < 4.78 is 4.96. The fourth-order valence-corrected chi connectivity index (χ4v) is 9.69. The van der Waals surface area contributed by atoms with E-state index in [1.807, 2.05) is 36.4 Å². The van der Waals surface area contributed by atoms with Crippen LogP contribution in [-0.4, -0.2) is 24.1 Å². The topological polar surface area (TPSA) is 48.5 Å². The maximum Gasteiger partial charge on any atom is 0.164 e. The molecule has 0 aliphatic carbocycles. The van der Waals surface area contributed by atoms with E-state index < -0.39 is 0 Å². The summed E-state index contributed by atoms with van der Waals surface area (Å²) in [5, 5.41) is 12.0. The zero-order valence-corrected chi connectivity index (χ0v) is 33.4.